The number of rotatable bonds is 8. The normalized spacial score (nSPS) is 16.2. The smallest absolute Gasteiger partial charge is 0.212 e. The lowest BCUT2D eigenvalue weighted by Gasteiger charge is -2.09. The maximum atomic E-state index is 11.3. The predicted molar refractivity (Wildman–Crippen MR) is 63.9 cm³/mol. The van der Waals surface area contributed by atoms with Gasteiger partial charge in [-0.05, 0) is 13.5 Å². The minimum absolute atomic E-state index is 0.0250. The molecule has 0 bridgehead atoms. The van der Waals surface area contributed by atoms with Gasteiger partial charge in [-0.15, -0.1) is 0 Å². The summed E-state index contributed by atoms with van der Waals surface area (Å²) in [5.41, 5.74) is 0. The maximum Gasteiger partial charge on any atom is 0.212 e. The number of nitrogens with one attached hydrogen (secondary N) is 2. The van der Waals surface area contributed by atoms with E-state index >= 15 is 0 Å². The summed E-state index contributed by atoms with van der Waals surface area (Å²) in [4.78, 5) is 0. The summed E-state index contributed by atoms with van der Waals surface area (Å²) in [6.45, 7) is 2.63. The summed E-state index contributed by atoms with van der Waals surface area (Å²) in [7, 11) is -2.36. The summed E-state index contributed by atoms with van der Waals surface area (Å²) < 4.78 is 36.1. The molecule has 0 amide bonds. The first-order valence-electron chi connectivity index (χ1n) is 4.83. The molecule has 0 spiro atoms. The third kappa shape index (κ3) is 7.89. The van der Waals surface area contributed by atoms with Gasteiger partial charge in [0.05, 0.1) is 5.75 Å². The zero-order chi connectivity index (χ0) is 11.9. The van der Waals surface area contributed by atoms with Crippen molar-refractivity contribution in [3.63, 3.8) is 0 Å². The quantitative estimate of drug-likeness (QED) is 0.601. The van der Waals surface area contributed by atoms with E-state index in [4.69, 9.17) is 0 Å². The van der Waals surface area contributed by atoms with Crippen molar-refractivity contribution in [3.8, 4) is 0 Å². The Hall–Kier alpha value is 0.0200. The van der Waals surface area contributed by atoms with Crippen LogP contribution in [-0.2, 0) is 20.8 Å². The Morgan fingerprint density at radius 2 is 1.93 bits per heavy atom. The summed E-state index contributed by atoms with van der Waals surface area (Å²) in [6.07, 6.45) is 2.22. The molecule has 0 aromatic heterocycles. The van der Waals surface area contributed by atoms with Crippen LogP contribution < -0.4 is 10.0 Å². The molecule has 0 aliphatic heterocycles. The average molecular weight is 256 g/mol. The Bertz CT molecular complexity index is 290. The van der Waals surface area contributed by atoms with Gasteiger partial charge < -0.3 is 5.32 Å². The van der Waals surface area contributed by atoms with Gasteiger partial charge in [-0.2, -0.15) is 0 Å². The summed E-state index contributed by atoms with van der Waals surface area (Å²) >= 11 is 0. The van der Waals surface area contributed by atoms with Crippen LogP contribution in [0.1, 0.15) is 13.3 Å². The Kier molecular flexibility index (Phi) is 7.33. The van der Waals surface area contributed by atoms with Crippen LogP contribution in [0.25, 0.3) is 0 Å². The van der Waals surface area contributed by atoms with Gasteiger partial charge in [0, 0.05) is 35.4 Å². The molecule has 0 aliphatic rings. The molecule has 0 aromatic rings. The largest absolute Gasteiger partial charge is 0.319 e. The molecule has 5 nitrogen and oxygen atoms in total. The van der Waals surface area contributed by atoms with E-state index in [1.807, 2.05) is 6.92 Å². The lowest BCUT2D eigenvalue weighted by atomic mass is 10.3. The third-order valence-corrected chi connectivity index (χ3v) is 4.81. The molecule has 0 fully saturated rings. The van der Waals surface area contributed by atoms with Gasteiger partial charge in [0.1, 0.15) is 0 Å². The lowest BCUT2D eigenvalue weighted by molar-refractivity contribution is 0.575. The molecule has 0 heterocycles. The molecule has 0 saturated carbocycles. The molecular formula is C8H20N2O3S2. The monoisotopic (exact) mass is 256 g/mol. The number of sulfonamides is 1. The van der Waals surface area contributed by atoms with E-state index in [9.17, 15) is 12.6 Å². The highest BCUT2D eigenvalue weighted by Gasteiger charge is 2.11. The zero-order valence-corrected chi connectivity index (χ0v) is 11.1. The van der Waals surface area contributed by atoms with Crippen LogP contribution in [0.15, 0.2) is 0 Å². The van der Waals surface area contributed by atoms with Gasteiger partial charge in [0.15, 0.2) is 0 Å². The fraction of sp³-hybridized carbons (Fsp3) is 1.00. The highest BCUT2D eigenvalue weighted by molar-refractivity contribution is 7.89. The van der Waals surface area contributed by atoms with Crippen LogP contribution in [0, 0.1) is 0 Å². The van der Waals surface area contributed by atoms with Crippen molar-refractivity contribution in [3.05, 3.63) is 0 Å². The van der Waals surface area contributed by atoms with Crippen molar-refractivity contribution < 1.29 is 12.6 Å². The Morgan fingerprint density at radius 1 is 1.33 bits per heavy atom. The Labute approximate surface area is 94.5 Å². The second kappa shape index (κ2) is 7.32. The van der Waals surface area contributed by atoms with Crippen molar-refractivity contribution in [2.45, 2.75) is 18.6 Å². The molecule has 0 radical (unpaired) electrons. The molecule has 2 unspecified atom stereocenters. The molecule has 2 N–H and O–H groups in total. The van der Waals surface area contributed by atoms with Crippen LogP contribution in [0.3, 0.4) is 0 Å². The van der Waals surface area contributed by atoms with Gasteiger partial charge in [0.25, 0.3) is 0 Å². The van der Waals surface area contributed by atoms with E-state index in [1.165, 1.54) is 0 Å². The molecule has 0 aromatic carbocycles. The maximum absolute atomic E-state index is 11.3. The minimum atomic E-state index is -3.18. The van der Waals surface area contributed by atoms with E-state index in [0.717, 1.165) is 0 Å². The first kappa shape index (κ1) is 15.0. The molecule has 7 heteroatoms. The van der Waals surface area contributed by atoms with Gasteiger partial charge in [-0.1, -0.05) is 6.92 Å². The molecule has 15 heavy (non-hydrogen) atoms. The molecule has 0 rings (SSSR count). The predicted octanol–water partition coefficient (Wildman–Crippen LogP) is -0.718. The summed E-state index contributed by atoms with van der Waals surface area (Å²) in [5, 5.41) is 2.80. The first-order chi connectivity index (χ1) is 6.89. The fourth-order valence-electron chi connectivity index (χ4n) is 0.892. The van der Waals surface area contributed by atoms with Crippen molar-refractivity contribution in [1.82, 2.24) is 10.0 Å². The molecule has 0 aliphatic carbocycles. The van der Waals surface area contributed by atoms with E-state index in [-0.39, 0.29) is 11.0 Å². The number of hydrogen-bond acceptors (Lipinski definition) is 4. The van der Waals surface area contributed by atoms with Gasteiger partial charge in [-0.25, -0.2) is 13.1 Å². The van der Waals surface area contributed by atoms with Crippen LogP contribution in [0.5, 0.6) is 0 Å². The topological polar surface area (TPSA) is 75.3 Å². The zero-order valence-electron chi connectivity index (χ0n) is 9.45. The average Bonchev–Trinajstić information content (AvgIpc) is 2.14. The van der Waals surface area contributed by atoms with Crippen LogP contribution in [-0.4, -0.2) is 50.0 Å². The standard InChI is InChI=1S/C8H20N2O3S2/c1-8(14(3)11)4-5-10-15(12,13)7-6-9-2/h8-10H,4-7H2,1-3H3. The van der Waals surface area contributed by atoms with Gasteiger partial charge in [-0.3, -0.25) is 4.21 Å². The van der Waals surface area contributed by atoms with E-state index in [0.29, 0.717) is 19.5 Å². The first-order valence-corrected chi connectivity index (χ1v) is 8.10. The molecular weight excluding hydrogens is 236 g/mol. The van der Waals surface area contributed by atoms with E-state index < -0.39 is 20.8 Å². The fourth-order valence-corrected chi connectivity index (χ4v) is 2.39. The van der Waals surface area contributed by atoms with Crippen molar-refractivity contribution >= 4 is 20.8 Å². The second-order valence-electron chi connectivity index (χ2n) is 3.41. The van der Waals surface area contributed by atoms with Crippen molar-refractivity contribution in [2.75, 3.05) is 32.1 Å². The minimum Gasteiger partial charge on any atom is -0.319 e. The summed E-state index contributed by atoms with van der Waals surface area (Å²) in [6, 6.07) is 0. The Morgan fingerprint density at radius 3 is 2.40 bits per heavy atom. The Balaban J connectivity index is 3.80. The lowest BCUT2D eigenvalue weighted by Crippen LogP contribution is -2.32. The van der Waals surface area contributed by atoms with E-state index in [1.54, 1.807) is 13.3 Å². The van der Waals surface area contributed by atoms with Crippen molar-refractivity contribution in [1.29, 1.82) is 0 Å². The highest BCUT2D eigenvalue weighted by atomic mass is 32.2. The second-order valence-corrected chi connectivity index (χ2v) is 7.14. The van der Waals surface area contributed by atoms with Gasteiger partial charge in [0.2, 0.25) is 10.0 Å². The van der Waals surface area contributed by atoms with E-state index in [2.05, 4.69) is 10.0 Å². The molecule has 92 valence electrons. The van der Waals surface area contributed by atoms with Crippen LogP contribution >= 0.6 is 0 Å². The highest BCUT2D eigenvalue weighted by Crippen LogP contribution is 1.97. The number of hydrogen-bond donors (Lipinski definition) is 2. The molecule has 2 atom stereocenters. The van der Waals surface area contributed by atoms with Crippen molar-refractivity contribution in [2.24, 2.45) is 0 Å². The van der Waals surface area contributed by atoms with Crippen LogP contribution in [0.2, 0.25) is 0 Å². The third-order valence-electron chi connectivity index (χ3n) is 2.06. The van der Waals surface area contributed by atoms with Crippen LogP contribution in [0.4, 0.5) is 0 Å². The van der Waals surface area contributed by atoms with Gasteiger partial charge >= 0.3 is 0 Å². The summed E-state index contributed by atoms with van der Waals surface area (Å²) in [5.74, 6) is 0.0765. The SMILES string of the molecule is CNCCS(=O)(=O)NCCC(C)S(C)=O. The molecule has 0 saturated heterocycles.